The Labute approximate surface area is 129 Å². The van der Waals surface area contributed by atoms with Gasteiger partial charge in [-0.25, -0.2) is 0 Å². The number of benzene rings is 1. The molecule has 1 aromatic carbocycles. The third kappa shape index (κ3) is 3.65. The fourth-order valence-corrected chi connectivity index (χ4v) is 2.78. The SMILES string of the molecule is C=CCn1c(SCCOC)nnc1-c1ccccc1OC. The summed E-state index contributed by atoms with van der Waals surface area (Å²) in [6.07, 6.45) is 1.84. The minimum atomic E-state index is 0.649. The molecule has 21 heavy (non-hydrogen) atoms. The normalized spacial score (nSPS) is 10.6. The number of methoxy groups -OCH3 is 2. The van der Waals surface area contributed by atoms with Gasteiger partial charge in [0.25, 0.3) is 0 Å². The number of hydrogen-bond acceptors (Lipinski definition) is 5. The molecule has 0 radical (unpaired) electrons. The molecule has 0 fully saturated rings. The molecule has 5 nitrogen and oxygen atoms in total. The second-order valence-electron chi connectivity index (χ2n) is 4.25. The molecule has 0 atom stereocenters. The van der Waals surface area contributed by atoms with Crippen molar-refractivity contribution < 1.29 is 9.47 Å². The monoisotopic (exact) mass is 305 g/mol. The molecule has 0 aliphatic carbocycles. The smallest absolute Gasteiger partial charge is 0.191 e. The van der Waals surface area contributed by atoms with Crippen molar-refractivity contribution in [3.8, 4) is 17.1 Å². The van der Waals surface area contributed by atoms with E-state index in [2.05, 4.69) is 16.8 Å². The van der Waals surface area contributed by atoms with E-state index in [0.29, 0.717) is 13.2 Å². The molecule has 2 aromatic rings. The fraction of sp³-hybridized carbons (Fsp3) is 0.333. The second-order valence-corrected chi connectivity index (χ2v) is 5.31. The molecule has 0 amide bonds. The van der Waals surface area contributed by atoms with Gasteiger partial charge in [-0.1, -0.05) is 30.0 Å². The van der Waals surface area contributed by atoms with Crippen LogP contribution in [0.1, 0.15) is 0 Å². The summed E-state index contributed by atoms with van der Waals surface area (Å²) in [5, 5.41) is 9.45. The van der Waals surface area contributed by atoms with E-state index in [-0.39, 0.29) is 0 Å². The van der Waals surface area contributed by atoms with Gasteiger partial charge in [0.1, 0.15) is 5.75 Å². The second kappa shape index (κ2) is 7.85. The van der Waals surface area contributed by atoms with Gasteiger partial charge >= 0.3 is 0 Å². The van der Waals surface area contributed by atoms with E-state index in [1.54, 1.807) is 26.0 Å². The van der Waals surface area contributed by atoms with E-state index in [0.717, 1.165) is 28.0 Å². The van der Waals surface area contributed by atoms with Gasteiger partial charge in [0.05, 0.1) is 19.3 Å². The van der Waals surface area contributed by atoms with E-state index >= 15 is 0 Å². The van der Waals surface area contributed by atoms with Gasteiger partial charge in [0, 0.05) is 19.4 Å². The Balaban J connectivity index is 2.36. The van der Waals surface area contributed by atoms with Gasteiger partial charge in [0.2, 0.25) is 0 Å². The Morgan fingerprint density at radius 1 is 1.29 bits per heavy atom. The fourth-order valence-electron chi connectivity index (χ4n) is 1.93. The third-order valence-electron chi connectivity index (χ3n) is 2.90. The molecule has 0 bridgehead atoms. The van der Waals surface area contributed by atoms with Crippen LogP contribution < -0.4 is 4.74 Å². The topological polar surface area (TPSA) is 49.2 Å². The largest absolute Gasteiger partial charge is 0.496 e. The molecule has 0 aliphatic heterocycles. The maximum Gasteiger partial charge on any atom is 0.191 e. The lowest BCUT2D eigenvalue weighted by Gasteiger charge is -2.10. The first-order valence-corrected chi connectivity index (χ1v) is 7.59. The van der Waals surface area contributed by atoms with Crippen molar-refractivity contribution in [2.75, 3.05) is 26.6 Å². The highest BCUT2D eigenvalue weighted by Crippen LogP contribution is 2.30. The summed E-state index contributed by atoms with van der Waals surface area (Å²) >= 11 is 1.62. The van der Waals surface area contributed by atoms with Crippen LogP contribution >= 0.6 is 11.8 Å². The van der Waals surface area contributed by atoms with E-state index in [1.807, 2.05) is 34.9 Å². The van der Waals surface area contributed by atoms with Crippen LogP contribution in [0.3, 0.4) is 0 Å². The van der Waals surface area contributed by atoms with Crippen LogP contribution in [0.5, 0.6) is 5.75 Å². The summed E-state index contributed by atoms with van der Waals surface area (Å²) in [5.41, 5.74) is 0.924. The molecule has 112 valence electrons. The molecule has 1 heterocycles. The number of aromatic nitrogens is 3. The van der Waals surface area contributed by atoms with Gasteiger partial charge in [0.15, 0.2) is 11.0 Å². The van der Waals surface area contributed by atoms with Crippen molar-refractivity contribution in [2.45, 2.75) is 11.7 Å². The molecule has 2 rings (SSSR count). The number of rotatable bonds is 8. The van der Waals surface area contributed by atoms with E-state index < -0.39 is 0 Å². The first-order chi connectivity index (χ1) is 10.3. The van der Waals surface area contributed by atoms with Gasteiger partial charge in [-0.05, 0) is 12.1 Å². The van der Waals surface area contributed by atoms with E-state index in [9.17, 15) is 0 Å². The van der Waals surface area contributed by atoms with Gasteiger partial charge < -0.3 is 9.47 Å². The molecule has 6 heteroatoms. The lowest BCUT2D eigenvalue weighted by atomic mass is 10.2. The number of ether oxygens (including phenoxy) is 2. The van der Waals surface area contributed by atoms with Crippen LogP contribution in [0.15, 0.2) is 42.1 Å². The highest BCUT2D eigenvalue weighted by atomic mass is 32.2. The third-order valence-corrected chi connectivity index (χ3v) is 3.83. The van der Waals surface area contributed by atoms with Gasteiger partial charge in [-0.3, -0.25) is 4.57 Å². The minimum Gasteiger partial charge on any atom is -0.496 e. The number of thioether (sulfide) groups is 1. The molecular weight excluding hydrogens is 286 g/mol. The van der Waals surface area contributed by atoms with Crippen molar-refractivity contribution in [3.05, 3.63) is 36.9 Å². The van der Waals surface area contributed by atoms with Crippen molar-refractivity contribution in [2.24, 2.45) is 0 Å². The maximum absolute atomic E-state index is 5.41. The van der Waals surface area contributed by atoms with Crippen LogP contribution in [0.2, 0.25) is 0 Å². The molecule has 0 saturated carbocycles. The van der Waals surface area contributed by atoms with Crippen LogP contribution in [0.4, 0.5) is 0 Å². The molecule has 0 N–H and O–H groups in total. The summed E-state index contributed by atoms with van der Waals surface area (Å²) in [4.78, 5) is 0. The molecule has 0 spiro atoms. The van der Waals surface area contributed by atoms with Crippen molar-refractivity contribution in [3.63, 3.8) is 0 Å². The standard InChI is InChI=1S/C15H19N3O2S/c1-4-9-18-14(12-7-5-6-8-13(12)20-3)16-17-15(18)21-11-10-19-2/h4-8H,1,9-11H2,2-3H3. The Bertz CT molecular complexity index is 598. The Hall–Kier alpha value is -1.79. The van der Waals surface area contributed by atoms with E-state index in [4.69, 9.17) is 9.47 Å². The first-order valence-electron chi connectivity index (χ1n) is 6.61. The molecule has 0 unspecified atom stereocenters. The van der Waals surface area contributed by atoms with Gasteiger partial charge in [-0.15, -0.1) is 16.8 Å². The lowest BCUT2D eigenvalue weighted by Crippen LogP contribution is -2.02. The average molecular weight is 305 g/mol. The minimum absolute atomic E-state index is 0.649. The Kier molecular flexibility index (Phi) is 5.83. The maximum atomic E-state index is 5.41. The van der Waals surface area contributed by atoms with E-state index in [1.165, 1.54) is 0 Å². The number of nitrogens with zero attached hydrogens (tertiary/aromatic N) is 3. The first kappa shape index (κ1) is 15.6. The van der Waals surface area contributed by atoms with Crippen molar-refractivity contribution in [1.82, 2.24) is 14.8 Å². The molecule has 0 saturated heterocycles. The summed E-state index contributed by atoms with van der Waals surface area (Å²) in [6, 6.07) is 7.79. The van der Waals surface area contributed by atoms with Gasteiger partial charge in [-0.2, -0.15) is 0 Å². The van der Waals surface area contributed by atoms with Crippen LogP contribution in [0.25, 0.3) is 11.4 Å². The quantitative estimate of drug-likeness (QED) is 0.426. The highest BCUT2D eigenvalue weighted by Gasteiger charge is 2.16. The zero-order valence-corrected chi connectivity index (χ0v) is 13.1. The summed E-state index contributed by atoms with van der Waals surface area (Å²) in [7, 11) is 3.34. The predicted molar refractivity (Wildman–Crippen MR) is 84.8 cm³/mol. The Morgan fingerprint density at radius 2 is 2.10 bits per heavy atom. The number of allylic oxidation sites excluding steroid dienone is 1. The van der Waals surface area contributed by atoms with Crippen LogP contribution in [0, 0.1) is 0 Å². The molecule has 1 aromatic heterocycles. The number of para-hydroxylation sites is 1. The number of hydrogen-bond donors (Lipinski definition) is 0. The van der Waals surface area contributed by atoms with Crippen LogP contribution in [-0.4, -0.2) is 41.3 Å². The summed E-state index contributed by atoms with van der Waals surface area (Å²) < 4.78 is 12.5. The van der Waals surface area contributed by atoms with Crippen molar-refractivity contribution >= 4 is 11.8 Å². The van der Waals surface area contributed by atoms with Crippen LogP contribution in [-0.2, 0) is 11.3 Å². The zero-order chi connectivity index (χ0) is 15.1. The molecule has 0 aliphatic rings. The predicted octanol–water partition coefficient (Wildman–Crippen LogP) is 2.88. The summed E-state index contributed by atoms with van der Waals surface area (Å²) in [5.74, 6) is 2.40. The lowest BCUT2D eigenvalue weighted by molar-refractivity contribution is 0.218. The molecular formula is C15H19N3O2S. The summed E-state index contributed by atoms with van der Waals surface area (Å²) in [6.45, 7) is 5.13. The average Bonchev–Trinajstić information content (AvgIpc) is 2.91. The Morgan fingerprint density at radius 3 is 2.81 bits per heavy atom. The highest BCUT2D eigenvalue weighted by molar-refractivity contribution is 7.99. The zero-order valence-electron chi connectivity index (χ0n) is 12.3. The van der Waals surface area contributed by atoms with Crippen molar-refractivity contribution in [1.29, 1.82) is 0 Å².